The first-order valence-corrected chi connectivity index (χ1v) is 8.73. The van der Waals surface area contributed by atoms with Gasteiger partial charge in [0.1, 0.15) is 5.75 Å². The van der Waals surface area contributed by atoms with Crippen molar-refractivity contribution in [2.75, 3.05) is 13.2 Å². The molecule has 0 saturated heterocycles. The number of hydrogen-bond acceptors (Lipinski definition) is 5. The van der Waals surface area contributed by atoms with Gasteiger partial charge in [-0.3, -0.25) is 4.79 Å². The van der Waals surface area contributed by atoms with Gasteiger partial charge in [0, 0.05) is 12.6 Å². The van der Waals surface area contributed by atoms with Crippen molar-refractivity contribution < 1.29 is 19.1 Å². The Labute approximate surface area is 154 Å². The van der Waals surface area contributed by atoms with Crippen molar-refractivity contribution in [1.29, 1.82) is 5.26 Å². The van der Waals surface area contributed by atoms with Crippen LogP contribution in [0.2, 0.25) is 0 Å². The van der Waals surface area contributed by atoms with Crippen molar-refractivity contribution in [2.24, 2.45) is 5.92 Å². The molecule has 0 heterocycles. The minimum Gasteiger partial charge on any atom is -0.481 e. The Balaban J connectivity index is 2.53. The summed E-state index contributed by atoms with van der Waals surface area (Å²) in [7, 11) is 0. The molecule has 7 heteroatoms. The summed E-state index contributed by atoms with van der Waals surface area (Å²) in [4.78, 5) is 23.9. The number of nitrogens with zero attached hydrogens (tertiary/aromatic N) is 1. The van der Waals surface area contributed by atoms with Crippen LogP contribution in [0.4, 0.5) is 4.79 Å². The highest BCUT2D eigenvalue weighted by molar-refractivity contribution is 5.80. The van der Waals surface area contributed by atoms with Crippen LogP contribution in [0.25, 0.3) is 0 Å². The van der Waals surface area contributed by atoms with Gasteiger partial charge in [0.25, 0.3) is 5.91 Å². The maximum Gasteiger partial charge on any atom is 0.407 e. The average molecular weight is 361 g/mol. The molecule has 0 bridgehead atoms. The number of amides is 2. The number of ether oxygens (including phenoxy) is 2. The quantitative estimate of drug-likeness (QED) is 0.704. The molecule has 7 nitrogen and oxygen atoms in total. The standard InChI is InChI=1S/C19H27N3O4/c1-5-25-19(24)22-16(10-13(2)3)12-21-18(23)14(4)26-17-8-6-15(11-20)7-9-17/h6-9,13-14,16H,5,10,12H2,1-4H3,(H,21,23)(H,22,24). The Kier molecular flexibility index (Phi) is 8.99. The summed E-state index contributed by atoms with van der Waals surface area (Å²) in [6.07, 6.45) is -0.483. The number of nitrogens with one attached hydrogen (secondary N) is 2. The van der Waals surface area contributed by atoms with Gasteiger partial charge in [-0.25, -0.2) is 4.79 Å². The minimum atomic E-state index is -0.703. The van der Waals surface area contributed by atoms with E-state index in [9.17, 15) is 9.59 Å². The van der Waals surface area contributed by atoms with Crippen molar-refractivity contribution in [3.63, 3.8) is 0 Å². The highest BCUT2D eigenvalue weighted by atomic mass is 16.5. The second-order valence-corrected chi connectivity index (χ2v) is 6.33. The maximum absolute atomic E-state index is 12.2. The molecule has 1 rings (SSSR count). The lowest BCUT2D eigenvalue weighted by Gasteiger charge is -2.22. The third-order valence-electron chi connectivity index (χ3n) is 3.54. The SMILES string of the molecule is CCOC(=O)NC(CNC(=O)C(C)Oc1ccc(C#N)cc1)CC(C)C. The summed E-state index contributed by atoms with van der Waals surface area (Å²) >= 11 is 0. The van der Waals surface area contributed by atoms with E-state index in [1.807, 2.05) is 19.9 Å². The molecule has 2 atom stereocenters. The fourth-order valence-electron chi connectivity index (χ4n) is 2.33. The first-order valence-electron chi connectivity index (χ1n) is 8.73. The monoisotopic (exact) mass is 361 g/mol. The number of carbonyl (C=O) groups excluding carboxylic acids is 2. The van der Waals surface area contributed by atoms with E-state index in [2.05, 4.69) is 10.6 Å². The number of rotatable bonds is 9. The lowest BCUT2D eigenvalue weighted by Crippen LogP contribution is -2.47. The molecular formula is C19H27N3O4. The van der Waals surface area contributed by atoms with Crippen LogP contribution in [0.3, 0.4) is 0 Å². The zero-order valence-corrected chi connectivity index (χ0v) is 15.7. The predicted molar refractivity (Wildman–Crippen MR) is 97.7 cm³/mol. The van der Waals surface area contributed by atoms with Crippen molar-refractivity contribution in [3.8, 4) is 11.8 Å². The van der Waals surface area contributed by atoms with Crippen LogP contribution in [0.15, 0.2) is 24.3 Å². The van der Waals surface area contributed by atoms with Gasteiger partial charge >= 0.3 is 6.09 Å². The molecule has 0 aromatic heterocycles. The van der Waals surface area contributed by atoms with Crippen LogP contribution in [0.5, 0.6) is 5.75 Å². The first kappa shape index (κ1) is 21.3. The number of alkyl carbamates (subject to hydrolysis) is 1. The molecule has 2 unspecified atom stereocenters. The van der Waals surface area contributed by atoms with Crippen LogP contribution in [-0.2, 0) is 9.53 Å². The average Bonchev–Trinajstić information content (AvgIpc) is 2.59. The van der Waals surface area contributed by atoms with Gasteiger partial charge in [-0.2, -0.15) is 5.26 Å². The van der Waals surface area contributed by atoms with Gasteiger partial charge in [-0.1, -0.05) is 13.8 Å². The molecular weight excluding hydrogens is 334 g/mol. The van der Waals surface area contributed by atoms with E-state index in [1.54, 1.807) is 38.1 Å². The molecule has 26 heavy (non-hydrogen) atoms. The number of nitriles is 1. The topological polar surface area (TPSA) is 100 Å². The molecule has 0 aliphatic carbocycles. The summed E-state index contributed by atoms with van der Waals surface area (Å²) in [5, 5.41) is 14.3. The van der Waals surface area contributed by atoms with E-state index in [-0.39, 0.29) is 18.5 Å². The largest absolute Gasteiger partial charge is 0.481 e. The van der Waals surface area contributed by atoms with Crippen molar-refractivity contribution in [1.82, 2.24) is 10.6 Å². The number of benzene rings is 1. The summed E-state index contributed by atoms with van der Waals surface area (Å²) in [5.41, 5.74) is 0.524. The van der Waals surface area contributed by atoms with E-state index in [0.717, 1.165) is 0 Å². The summed E-state index contributed by atoms with van der Waals surface area (Å²) < 4.78 is 10.5. The summed E-state index contributed by atoms with van der Waals surface area (Å²) in [6.45, 7) is 8.04. The van der Waals surface area contributed by atoms with Crippen LogP contribution in [0, 0.1) is 17.2 Å². The third kappa shape index (κ3) is 7.88. The van der Waals surface area contributed by atoms with Crippen molar-refractivity contribution in [3.05, 3.63) is 29.8 Å². The molecule has 0 fully saturated rings. The fraction of sp³-hybridized carbons (Fsp3) is 0.526. The van der Waals surface area contributed by atoms with E-state index in [0.29, 0.717) is 30.3 Å². The normalized spacial score (nSPS) is 12.6. The van der Waals surface area contributed by atoms with E-state index >= 15 is 0 Å². The number of hydrogen-bond donors (Lipinski definition) is 2. The molecule has 0 radical (unpaired) electrons. The number of carbonyl (C=O) groups is 2. The molecule has 0 aliphatic rings. The summed E-state index contributed by atoms with van der Waals surface area (Å²) in [5.74, 6) is 0.579. The van der Waals surface area contributed by atoms with Gasteiger partial charge < -0.3 is 20.1 Å². The zero-order valence-electron chi connectivity index (χ0n) is 15.7. The summed E-state index contributed by atoms with van der Waals surface area (Å²) in [6, 6.07) is 8.35. The Morgan fingerprint density at radius 3 is 2.38 bits per heavy atom. The Morgan fingerprint density at radius 1 is 1.19 bits per heavy atom. The molecule has 1 aromatic rings. The molecule has 0 saturated carbocycles. The lowest BCUT2D eigenvalue weighted by molar-refractivity contribution is -0.127. The smallest absolute Gasteiger partial charge is 0.407 e. The molecule has 0 spiro atoms. The van der Waals surface area contributed by atoms with Crippen molar-refractivity contribution >= 4 is 12.0 Å². The van der Waals surface area contributed by atoms with Crippen LogP contribution >= 0.6 is 0 Å². The second kappa shape index (κ2) is 11.0. The molecule has 2 N–H and O–H groups in total. The van der Waals surface area contributed by atoms with Gasteiger partial charge in [0.05, 0.1) is 18.2 Å². The highest BCUT2D eigenvalue weighted by Crippen LogP contribution is 2.13. The van der Waals surface area contributed by atoms with Gasteiger partial charge in [-0.15, -0.1) is 0 Å². The molecule has 0 aliphatic heterocycles. The Bertz CT molecular complexity index is 623. The van der Waals surface area contributed by atoms with Crippen LogP contribution in [0.1, 0.15) is 39.7 Å². The van der Waals surface area contributed by atoms with E-state index < -0.39 is 12.2 Å². The molecule has 2 amide bonds. The lowest BCUT2D eigenvalue weighted by atomic mass is 10.0. The highest BCUT2D eigenvalue weighted by Gasteiger charge is 2.19. The minimum absolute atomic E-state index is 0.222. The van der Waals surface area contributed by atoms with Crippen LogP contribution in [-0.4, -0.2) is 37.3 Å². The Hall–Kier alpha value is -2.75. The zero-order chi connectivity index (χ0) is 19.5. The maximum atomic E-state index is 12.2. The molecule has 1 aromatic carbocycles. The third-order valence-corrected chi connectivity index (χ3v) is 3.54. The van der Waals surface area contributed by atoms with Gasteiger partial charge in [0.15, 0.2) is 6.10 Å². The predicted octanol–water partition coefficient (Wildman–Crippen LogP) is 2.60. The van der Waals surface area contributed by atoms with E-state index in [4.69, 9.17) is 14.7 Å². The van der Waals surface area contributed by atoms with E-state index in [1.165, 1.54) is 0 Å². The Morgan fingerprint density at radius 2 is 1.85 bits per heavy atom. The van der Waals surface area contributed by atoms with Gasteiger partial charge in [0.2, 0.25) is 0 Å². The first-order chi connectivity index (χ1) is 12.3. The van der Waals surface area contributed by atoms with Gasteiger partial charge in [-0.05, 0) is 50.5 Å². The van der Waals surface area contributed by atoms with Crippen LogP contribution < -0.4 is 15.4 Å². The van der Waals surface area contributed by atoms with Crippen molar-refractivity contribution in [2.45, 2.75) is 46.3 Å². The fourth-order valence-corrected chi connectivity index (χ4v) is 2.33. The molecule has 142 valence electrons. The second-order valence-electron chi connectivity index (χ2n) is 6.33.